The SMILES string of the molecule is CCN1CCN(C(=O)CCc2ccnc(N(CC)CC)c2)CC1. The number of rotatable bonds is 7. The highest BCUT2D eigenvalue weighted by atomic mass is 16.2. The summed E-state index contributed by atoms with van der Waals surface area (Å²) in [6.07, 6.45) is 3.24. The van der Waals surface area contributed by atoms with Crippen molar-refractivity contribution in [2.45, 2.75) is 33.6 Å². The van der Waals surface area contributed by atoms with Gasteiger partial charge in [-0.25, -0.2) is 4.98 Å². The van der Waals surface area contributed by atoms with Gasteiger partial charge in [-0.15, -0.1) is 0 Å². The molecule has 23 heavy (non-hydrogen) atoms. The number of hydrogen-bond donors (Lipinski definition) is 0. The minimum atomic E-state index is 0.280. The Bertz CT molecular complexity index is 494. The van der Waals surface area contributed by atoms with E-state index in [4.69, 9.17) is 0 Å². The molecule has 1 aliphatic rings. The summed E-state index contributed by atoms with van der Waals surface area (Å²) >= 11 is 0. The van der Waals surface area contributed by atoms with Crippen molar-refractivity contribution in [1.82, 2.24) is 14.8 Å². The second-order valence-corrected chi connectivity index (χ2v) is 6.01. The molecule has 2 heterocycles. The van der Waals surface area contributed by atoms with Crippen LogP contribution in [0.25, 0.3) is 0 Å². The fourth-order valence-corrected chi connectivity index (χ4v) is 3.06. The fourth-order valence-electron chi connectivity index (χ4n) is 3.06. The average Bonchev–Trinajstić information content (AvgIpc) is 2.61. The van der Waals surface area contributed by atoms with E-state index in [1.807, 2.05) is 17.2 Å². The van der Waals surface area contributed by atoms with Crippen molar-refractivity contribution >= 4 is 11.7 Å². The van der Waals surface area contributed by atoms with E-state index in [2.05, 4.69) is 41.6 Å². The maximum absolute atomic E-state index is 12.4. The summed E-state index contributed by atoms with van der Waals surface area (Å²) in [7, 11) is 0. The summed E-state index contributed by atoms with van der Waals surface area (Å²) < 4.78 is 0. The van der Waals surface area contributed by atoms with E-state index in [0.29, 0.717) is 6.42 Å². The lowest BCUT2D eigenvalue weighted by atomic mass is 10.1. The van der Waals surface area contributed by atoms with Crippen LogP contribution in [-0.2, 0) is 11.2 Å². The van der Waals surface area contributed by atoms with E-state index in [-0.39, 0.29) is 5.91 Å². The average molecular weight is 318 g/mol. The van der Waals surface area contributed by atoms with E-state index in [9.17, 15) is 4.79 Å². The molecular weight excluding hydrogens is 288 g/mol. The third-order valence-electron chi connectivity index (χ3n) is 4.70. The minimum absolute atomic E-state index is 0.280. The Morgan fingerprint density at radius 2 is 1.87 bits per heavy atom. The second-order valence-electron chi connectivity index (χ2n) is 6.01. The van der Waals surface area contributed by atoms with Gasteiger partial charge in [-0.1, -0.05) is 6.92 Å². The molecule has 1 fully saturated rings. The highest BCUT2D eigenvalue weighted by Gasteiger charge is 2.19. The molecule has 128 valence electrons. The normalized spacial score (nSPS) is 15.7. The molecule has 0 aromatic carbocycles. The smallest absolute Gasteiger partial charge is 0.222 e. The number of pyridine rings is 1. The first-order valence-electron chi connectivity index (χ1n) is 8.87. The molecule has 1 amide bonds. The van der Waals surface area contributed by atoms with Crippen LogP contribution in [0.2, 0.25) is 0 Å². The Labute approximate surface area is 140 Å². The number of nitrogens with zero attached hydrogens (tertiary/aromatic N) is 4. The third-order valence-corrected chi connectivity index (χ3v) is 4.70. The number of carbonyl (C=O) groups is 1. The van der Waals surface area contributed by atoms with Crippen molar-refractivity contribution in [2.24, 2.45) is 0 Å². The molecule has 0 saturated carbocycles. The second kappa shape index (κ2) is 8.87. The quantitative estimate of drug-likeness (QED) is 0.771. The Kier molecular flexibility index (Phi) is 6.84. The van der Waals surface area contributed by atoms with E-state index in [1.54, 1.807) is 0 Å². The van der Waals surface area contributed by atoms with Crippen molar-refractivity contribution in [2.75, 3.05) is 50.7 Å². The predicted octanol–water partition coefficient (Wildman–Crippen LogP) is 2.02. The lowest BCUT2D eigenvalue weighted by Crippen LogP contribution is -2.48. The molecule has 5 nitrogen and oxygen atoms in total. The molecule has 1 aromatic heterocycles. The van der Waals surface area contributed by atoms with Crippen molar-refractivity contribution in [3.8, 4) is 0 Å². The Morgan fingerprint density at radius 1 is 1.17 bits per heavy atom. The Morgan fingerprint density at radius 3 is 2.48 bits per heavy atom. The highest BCUT2D eigenvalue weighted by Crippen LogP contribution is 2.14. The summed E-state index contributed by atoms with van der Waals surface area (Å²) in [5.41, 5.74) is 1.20. The van der Waals surface area contributed by atoms with Gasteiger partial charge in [0.25, 0.3) is 0 Å². The van der Waals surface area contributed by atoms with Crippen LogP contribution < -0.4 is 4.90 Å². The van der Waals surface area contributed by atoms with E-state index < -0.39 is 0 Å². The molecule has 5 heteroatoms. The fraction of sp³-hybridized carbons (Fsp3) is 0.667. The van der Waals surface area contributed by atoms with Gasteiger partial charge in [-0.2, -0.15) is 0 Å². The number of piperazine rings is 1. The zero-order valence-corrected chi connectivity index (χ0v) is 14.8. The predicted molar refractivity (Wildman–Crippen MR) is 94.8 cm³/mol. The standard InChI is InChI=1S/C18H30N4O/c1-4-20-11-13-22(14-12-20)18(23)8-7-16-9-10-19-17(15-16)21(5-2)6-3/h9-10,15H,4-8,11-14H2,1-3H3. The number of carbonyl (C=O) groups excluding carboxylic acids is 1. The van der Waals surface area contributed by atoms with Crippen LogP contribution in [0.15, 0.2) is 18.3 Å². The van der Waals surface area contributed by atoms with Crippen LogP contribution in [0.3, 0.4) is 0 Å². The first-order chi connectivity index (χ1) is 11.2. The Hall–Kier alpha value is -1.62. The Balaban J connectivity index is 1.86. The largest absolute Gasteiger partial charge is 0.357 e. The molecule has 0 radical (unpaired) electrons. The van der Waals surface area contributed by atoms with Gasteiger partial charge in [0.2, 0.25) is 5.91 Å². The van der Waals surface area contributed by atoms with Gasteiger partial charge in [0.15, 0.2) is 0 Å². The van der Waals surface area contributed by atoms with Crippen molar-refractivity contribution in [1.29, 1.82) is 0 Å². The zero-order chi connectivity index (χ0) is 16.7. The first-order valence-corrected chi connectivity index (χ1v) is 8.87. The van der Waals surface area contributed by atoms with Crippen LogP contribution >= 0.6 is 0 Å². The molecule has 0 bridgehead atoms. The lowest BCUT2D eigenvalue weighted by Gasteiger charge is -2.34. The summed E-state index contributed by atoms with van der Waals surface area (Å²) in [6, 6.07) is 4.14. The number of anilines is 1. The van der Waals surface area contributed by atoms with Gasteiger partial charge in [0.1, 0.15) is 5.82 Å². The summed E-state index contributed by atoms with van der Waals surface area (Å²) in [5, 5.41) is 0. The number of hydrogen-bond acceptors (Lipinski definition) is 4. The monoisotopic (exact) mass is 318 g/mol. The molecule has 1 saturated heterocycles. The van der Waals surface area contributed by atoms with Gasteiger partial charge >= 0.3 is 0 Å². The molecule has 2 rings (SSSR count). The van der Waals surface area contributed by atoms with Gasteiger partial charge < -0.3 is 14.7 Å². The maximum atomic E-state index is 12.4. The summed E-state index contributed by atoms with van der Waals surface area (Å²) in [5.74, 6) is 1.29. The molecule has 0 aliphatic carbocycles. The van der Waals surface area contributed by atoms with Crippen LogP contribution in [0.1, 0.15) is 32.8 Å². The maximum Gasteiger partial charge on any atom is 0.222 e. The van der Waals surface area contributed by atoms with Gasteiger partial charge in [0, 0.05) is 51.9 Å². The molecule has 0 atom stereocenters. The highest BCUT2D eigenvalue weighted by molar-refractivity contribution is 5.76. The van der Waals surface area contributed by atoms with Crippen LogP contribution in [-0.4, -0.2) is 66.5 Å². The minimum Gasteiger partial charge on any atom is -0.357 e. The number of aryl methyl sites for hydroxylation is 1. The van der Waals surface area contributed by atoms with Crippen molar-refractivity contribution in [3.63, 3.8) is 0 Å². The molecular formula is C18H30N4O. The molecule has 0 unspecified atom stereocenters. The number of aromatic nitrogens is 1. The summed E-state index contributed by atoms with van der Waals surface area (Å²) in [4.78, 5) is 23.5. The number of amides is 1. The molecule has 0 N–H and O–H groups in total. The van der Waals surface area contributed by atoms with E-state index in [1.165, 1.54) is 5.56 Å². The van der Waals surface area contributed by atoms with Crippen LogP contribution in [0.4, 0.5) is 5.82 Å². The lowest BCUT2D eigenvalue weighted by molar-refractivity contribution is -0.132. The topological polar surface area (TPSA) is 39.7 Å². The van der Waals surface area contributed by atoms with E-state index >= 15 is 0 Å². The van der Waals surface area contributed by atoms with Crippen molar-refractivity contribution < 1.29 is 4.79 Å². The van der Waals surface area contributed by atoms with Gasteiger partial charge in [-0.05, 0) is 44.5 Å². The van der Waals surface area contributed by atoms with Crippen molar-refractivity contribution in [3.05, 3.63) is 23.9 Å². The molecule has 1 aliphatic heterocycles. The summed E-state index contributed by atoms with van der Waals surface area (Å²) in [6.45, 7) is 13.2. The molecule has 0 spiro atoms. The van der Waals surface area contributed by atoms with Gasteiger partial charge in [-0.3, -0.25) is 4.79 Å². The third kappa shape index (κ3) is 4.93. The van der Waals surface area contributed by atoms with Crippen LogP contribution in [0.5, 0.6) is 0 Å². The van der Waals surface area contributed by atoms with Gasteiger partial charge in [0.05, 0.1) is 0 Å². The molecule has 1 aromatic rings. The number of likely N-dealkylation sites (N-methyl/N-ethyl adjacent to an activating group) is 1. The first kappa shape index (κ1) is 17.7. The van der Waals surface area contributed by atoms with E-state index in [0.717, 1.165) is 58.1 Å². The van der Waals surface area contributed by atoms with Crippen LogP contribution in [0, 0.1) is 0 Å². The zero-order valence-electron chi connectivity index (χ0n) is 14.8.